The van der Waals surface area contributed by atoms with E-state index in [0.717, 1.165) is 5.56 Å². The SMILES string of the molecule is O=C1[C@H]2[C@H](ON(c3ccccc3)[C@@H]2c2cccc([N+](=O)[O-])c2)C(=O)N1Cc1ccccc1. The van der Waals surface area contributed by atoms with Crippen molar-refractivity contribution in [3.05, 3.63) is 106 Å². The summed E-state index contributed by atoms with van der Waals surface area (Å²) >= 11 is 0. The number of fused-ring (bicyclic) bond motifs is 1. The maximum absolute atomic E-state index is 13.4. The molecule has 3 aromatic rings. The van der Waals surface area contributed by atoms with E-state index in [1.54, 1.807) is 12.1 Å². The fourth-order valence-corrected chi connectivity index (χ4v) is 4.35. The van der Waals surface area contributed by atoms with Crippen LogP contribution in [0.2, 0.25) is 0 Å². The molecule has 2 aliphatic rings. The summed E-state index contributed by atoms with van der Waals surface area (Å²) in [5, 5.41) is 12.9. The minimum atomic E-state index is -0.990. The normalized spacial score (nSPS) is 22.3. The molecule has 5 rings (SSSR count). The number of hydroxylamine groups is 1. The van der Waals surface area contributed by atoms with Crippen LogP contribution < -0.4 is 5.06 Å². The summed E-state index contributed by atoms with van der Waals surface area (Å²) in [5.74, 6) is -1.56. The average Bonchev–Trinajstić information content (AvgIpc) is 3.32. The highest BCUT2D eigenvalue weighted by molar-refractivity contribution is 6.07. The first-order chi connectivity index (χ1) is 15.5. The number of nitro groups is 1. The maximum atomic E-state index is 13.4. The number of carbonyl (C=O) groups is 2. The minimum Gasteiger partial charge on any atom is -0.275 e. The second-order valence-electron chi connectivity index (χ2n) is 7.76. The Morgan fingerprint density at radius 2 is 1.56 bits per heavy atom. The van der Waals surface area contributed by atoms with Crippen molar-refractivity contribution in [3.63, 3.8) is 0 Å². The van der Waals surface area contributed by atoms with Crippen LogP contribution in [0.4, 0.5) is 11.4 Å². The molecule has 0 bridgehead atoms. The average molecular weight is 429 g/mol. The first kappa shape index (κ1) is 19.9. The predicted molar refractivity (Wildman–Crippen MR) is 115 cm³/mol. The standard InChI is InChI=1S/C24H19N3O5/c28-23-20-21(17-10-7-13-19(14-17)27(30)31)26(18-11-5-2-6-12-18)32-22(20)24(29)25(23)15-16-8-3-1-4-9-16/h1-14,20-22H,15H2/t20-,21-,22+/m1/s1. The summed E-state index contributed by atoms with van der Waals surface area (Å²) in [5.41, 5.74) is 1.95. The molecule has 0 spiro atoms. The Morgan fingerprint density at radius 3 is 2.25 bits per heavy atom. The highest BCUT2D eigenvalue weighted by atomic mass is 16.7. The van der Waals surface area contributed by atoms with Crippen molar-refractivity contribution in [2.75, 3.05) is 5.06 Å². The number of rotatable bonds is 5. The smallest absolute Gasteiger partial charge is 0.269 e. The number of amides is 2. The van der Waals surface area contributed by atoms with E-state index in [2.05, 4.69) is 0 Å². The predicted octanol–water partition coefficient (Wildman–Crippen LogP) is 3.64. The Bertz CT molecular complexity index is 1180. The van der Waals surface area contributed by atoms with Crippen LogP contribution in [-0.4, -0.2) is 27.7 Å². The third-order valence-corrected chi connectivity index (χ3v) is 5.82. The van der Waals surface area contributed by atoms with Gasteiger partial charge in [0.2, 0.25) is 5.91 Å². The van der Waals surface area contributed by atoms with Crippen molar-refractivity contribution in [2.24, 2.45) is 5.92 Å². The molecule has 0 aromatic heterocycles. The van der Waals surface area contributed by atoms with E-state index < -0.39 is 28.9 Å². The zero-order valence-corrected chi connectivity index (χ0v) is 16.9. The van der Waals surface area contributed by atoms with Gasteiger partial charge in [-0.2, -0.15) is 0 Å². The van der Waals surface area contributed by atoms with Crippen LogP contribution in [0.3, 0.4) is 0 Å². The third-order valence-electron chi connectivity index (χ3n) is 5.82. The molecule has 2 fully saturated rings. The molecule has 3 atom stereocenters. The van der Waals surface area contributed by atoms with Gasteiger partial charge in [-0.15, -0.1) is 0 Å². The molecule has 2 amide bonds. The van der Waals surface area contributed by atoms with Crippen LogP contribution in [0.25, 0.3) is 0 Å². The van der Waals surface area contributed by atoms with Gasteiger partial charge >= 0.3 is 0 Å². The van der Waals surface area contributed by atoms with Gasteiger partial charge < -0.3 is 0 Å². The summed E-state index contributed by atoms with van der Waals surface area (Å²) in [4.78, 5) is 44.8. The first-order valence-electron chi connectivity index (χ1n) is 10.2. The first-order valence-corrected chi connectivity index (χ1v) is 10.2. The van der Waals surface area contributed by atoms with Crippen LogP contribution in [0, 0.1) is 16.0 Å². The second kappa shape index (κ2) is 7.90. The lowest BCUT2D eigenvalue weighted by molar-refractivity contribution is -0.384. The van der Waals surface area contributed by atoms with Gasteiger partial charge in [0.05, 0.1) is 23.2 Å². The number of hydrogen-bond acceptors (Lipinski definition) is 6. The number of carbonyl (C=O) groups excluding carboxylic acids is 2. The third kappa shape index (κ3) is 3.30. The quantitative estimate of drug-likeness (QED) is 0.349. The topological polar surface area (TPSA) is 93.0 Å². The molecule has 0 radical (unpaired) electrons. The molecule has 2 heterocycles. The highest BCUT2D eigenvalue weighted by Crippen LogP contribution is 2.47. The van der Waals surface area contributed by atoms with Gasteiger partial charge in [-0.3, -0.25) is 29.4 Å². The number of hydrogen-bond donors (Lipinski definition) is 0. The lowest BCUT2D eigenvalue weighted by atomic mass is 9.90. The number of imide groups is 1. The van der Waals surface area contributed by atoms with Crippen molar-refractivity contribution in [2.45, 2.75) is 18.7 Å². The fraction of sp³-hybridized carbons (Fsp3) is 0.167. The van der Waals surface area contributed by atoms with E-state index in [4.69, 9.17) is 4.84 Å². The number of likely N-dealkylation sites (tertiary alicyclic amines) is 1. The van der Waals surface area contributed by atoms with Gasteiger partial charge in [0.1, 0.15) is 5.92 Å². The number of anilines is 1. The summed E-state index contributed by atoms with van der Waals surface area (Å²) in [6, 6.07) is 23.8. The summed E-state index contributed by atoms with van der Waals surface area (Å²) in [6.45, 7) is 0.155. The van der Waals surface area contributed by atoms with Gasteiger partial charge in [-0.05, 0) is 23.3 Å². The summed E-state index contributed by atoms with van der Waals surface area (Å²) < 4.78 is 0. The van der Waals surface area contributed by atoms with Crippen molar-refractivity contribution in [1.82, 2.24) is 4.90 Å². The molecule has 32 heavy (non-hydrogen) atoms. The van der Waals surface area contributed by atoms with Crippen molar-refractivity contribution >= 4 is 23.2 Å². The van der Waals surface area contributed by atoms with Gasteiger partial charge in [-0.1, -0.05) is 60.7 Å². The number of non-ortho nitro benzene ring substituents is 1. The van der Waals surface area contributed by atoms with E-state index in [0.29, 0.717) is 11.3 Å². The van der Waals surface area contributed by atoms with Crippen LogP contribution in [0.15, 0.2) is 84.9 Å². The molecule has 8 heteroatoms. The Kier molecular flexibility index (Phi) is 4.91. The van der Waals surface area contributed by atoms with E-state index in [9.17, 15) is 19.7 Å². The Morgan fingerprint density at radius 1 is 0.875 bits per heavy atom. The number of nitro benzene ring substituents is 1. The Labute approximate surface area is 183 Å². The highest BCUT2D eigenvalue weighted by Gasteiger charge is 2.59. The van der Waals surface area contributed by atoms with Crippen LogP contribution >= 0.6 is 0 Å². The molecular weight excluding hydrogens is 410 g/mol. The molecule has 3 aromatic carbocycles. The molecule has 8 nitrogen and oxygen atoms in total. The Hall–Kier alpha value is -4.04. The number of benzene rings is 3. The molecular formula is C24H19N3O5. The van der Waals surface area contributed by atoms with Gasteiger partial charge in [0, 0.05) is 12.1 Å². The zero-order chi connectivity index (χ0) is 22.2. The van der Waals surface area contributed by atoms with Crippen LogP contribution in [-0.2, 0) is 21.0 Å². The van der Waals surface area contributed by atoms with Gasteiger partial charge in [0.15, 0.2) is 6.10 Å². The van der Waals surface area contributed by atoms with E-state index >= 15 is 0 Å². The lowest BCUT2D eigenvalue weighted by Gasteiger charge is -2.28. The van der Waals surface area contributed by atoms with E-state index in [1.807, 2.05) is 60.7 Å². The van der Waals surface area contributed by atoms with Crippen LogP contribution in [0.5, 0.6) is 0 Å². The second-order valence-corrected chi connectivity index (χ2v) is 7.76. The molecule has 0 N–H and O–H groups in total. The fourth-order valence-electron chi connectivity index (χ4n) is 4.35. The summed E-state index contributed by atoms with van der Waals surface area (Å²) in [7, 11) is 0. The largest absolute Gasteiger partial charge is 0.275 e. The van der Waals surface area contributed by atoms with Crippen molar-refractivity contribution in [1.29, 1.82) is 0 Å². The molecule has 0 unspecified atom stereocenters. The number of nitrogens with zero attached hydrogens (tertiary/aromatic N) is 3. The van der Waals surface area contributed by atoms with E-state index in [-0.39, 0.29) is 18.1 Å². The summed E-state index contributed by atoms with van der Waals surface area (Å²) in [6.07, 6.45) is -0.990. The monoisotopic (exact) mass is 429 g/mol. The molecule has 0 saturated carbocycles. The molecule has 160 valence electrons. The van der Waals surface area contributed by atoms with Crippen LogP contribution in [0.1, 0.15) is 17.2 Å². The minimum absolute atomic E-state index is 0.0862. The maximum Gasteiger partial charge on any atom is 0.269 e. The number of para-hydroxylation sites is 1. The Balaban J connectivity index is 1.55. The van der Waals surface area contributed by atoms with Crippen molar-refractivity contribution in [3.8, 4) is 0 Å². The zero-order valence-electron chi connectivity index (χ0n) is 16.9. The van der Waals surface area contributed by atoms with Crippen molar-refractivity contribution < 1.29 is 19.3 Å². The molecule has 0 aliphatic carbocycles. The lowest BCUT2D eigenvalue weighted by Crippen LogP contribution is -2.36. The van der Waals surface area contributed by atoms with Gasteiger partial charge in [-0.25, -0.2) is 5.06 Å². The van der Waals surface area contributed by atoms with E-state index in [1.165, 1.54) is 22.1 Å². The van der Waals surface area contributed by atoms with Gasteiger partial charge in [0.25, 0.3) is 11.6 Å². The molecule has 2 saturated heterocycles. The molecule has 2 aliphatic heterocycles.